The van der Waals surface area contributed by atoms with Crippen LogP contribution in [-0.4, -0.2) is 89.6 Å². The minimum Gasteiger partial charge on any atom is -0.496 e. The Balaban J connectivity index is 0.000000221. The van der Waals surface area contributed by atoms with Crippen LogP contribution in [-0.2, 0) is 20.8 Å². The lowest BCUT2D eigenvalue weighted by Crippen LogP contribution is -2.46. The number of carbonyl (C=O) groups is 3. The molecule has 3 aromatic rings. The fourth-order valence-electron chi connectivity index (χ4n) is 4.78. The van der Waals surface area contributed by atoms with Crippen molar-refractivity contribution in [2.24, 2.45) is 0 Å². The summed E-state index contributed by atoms with van der Waals surface area (Å²) in [5.74, 6) is -2.81. The molecule has 0 amide bonds. The summed E-state index contributed by atoms with van der Waals surface area (Å²) in [4.78, 5) is 38.7. The van der Waals surface area contributed by atoms with Gasteiger partial charge in [-0.1, -0.05) is 48.2 Å². The monoisotopic (exact) mass is 650 g/mol. The van der Waals surface area contributed by atoms with Gasteiger partial charge in [-0.2, -0.15) is 0 Å². The molecular formula is C34H38N2O7S2. The van der Waals surface area contributed by atoms with E-state index in [0.717, 1.165) is 31.1 Å². The lowest BCUT2D eigenvalue weighted by Gasteiger charge is -2.38. The molecular weight excluding hydrogens is 613 g/mol. The van der Waals surface area contributed by atoms with Gasteiger partial charge in [0, 0.05) is 70.7 Å². The molecule has 45 heavy (non-hydrogen) atoms. The molecule has 1 saturated heterocycles. The van der Waals surface area contributed by atoms with Crippen LogP contribution in [0.3, 0.4) is 0 Å². The molecule has 0 bridgehead atoms. The number of carboxylic acid groups (broad SMARTS) is 3. The van der Waals surface area contributed by atoms with Crippen molar-refractivity contribution in [3.05, 3.63) is 102 Å². The van der Waals surface area contributed by atoms with Crippen molar-refractivity contribution < 1.29 is 34.4 Å². The second-order valence-corrected chi connectivity index (χ2v) is 12.1. The van der Waals surface area contributed by atoms with Crippen LogP contribution in [0, 0.1) is 0 Å². The maximum Gasteiger partial charge on any atom is 0.328 e. The Labute approximate surface area is 272 Å². The van der Waals surface area contributed by atoms with E-state index in [1.54, 1.807) is 19.2 Å². The van der Waals surface area contributed by atoms with Crippen molar-refractivity contribution in [1.82, 2.24) is 9.80 Å². The summed E-state index contributed by atoms with van der Waals surface area (Å²) in [5.41, 5.74) is 3.77. The van der Waals surface area contributed by atoms with Crippen LogP contribution in [0.5, 0.6) is 5.75 Å². The van der Waals surface area contributed by atoms with E-state index >= 15 is 0 Å². The van der Waals surface area contributed by atoms with Crippen LogP contribution in [0.15, 0.2) is 99.6 Å². The molecule has 238 valence electrons. The highest BCUT2D eigenvalue weighted by atomic mass is 32.2. The standard InChI is InChI=1S/C20H24N2S2.C10H10O3.C4H4O4/c1-21-9-11-22(12-10-21)18-13-15-5-3-4-6-19(15)24-20-8-7-16(23-2)14-17(18)20;1-13-9-5-3-2-4-8(9)6-7-10(11)12;5-3(6)1-2-4(7)8/h3-8,14,18H,9-13H2,1-2H3;2-7H,1H3,(H,11,12);1-2H,(H,5,6)(H,7,8). The zero-order chi connectivity index (χ0) is 32.8. The number of likely N-dealkylation sites (N-methyl/N-ethyl adjacent to an activating group) is 1. The van der Waals surface area contributed by atoms with E-state index in [-0.39, 0.29) is 0 Å². The molecule has 0 saturated carbocycles. The summed E-state index contributed by atoms with van der Waals surface area (Å²) in [5, 5.41) is 24.0. The van der Waals surface area contributed by atoms with Crippen LogP contribution in [0.25, 0.3) is 6.08 Å². The number of nitrogens with zero attached hydrogens (tertiary/aromatic N) is 2. The summed E-state index contributed by atoms with van der Waals surface area (Å²) in [6.45, 7) is 4.67. The Bertz CT molecular complexity index is 1500. The van der Waals surface area contributed by atoms with Gasteiger partial charge in [0.2, 0.25) is 0 Å². The average molecular weight is 651 g/mol. The van der Waals surface area contributed by atoms with Crippen LogP contribution >= 0.6 is 23.5 Å². The summed E-state index contributed by atoms with van der Waals surface area (Å²) in [6, 6.07) is 23.7. The minimum absolute atomic E-state index is 0.497. The molecule has 2 heterocycles. The number of benzene rings is 3. The van der Waals surface area contributed by atoms with E-state index in [1.165, 1.54) is 45.0 Å². The van der Waals surface area contributed by atoms with Gasteiger partial charge in [0.1, 0.15) is 5.75 Å². The first-order valence-corrected chi connectivity index (χ1v) is 16.2. The van der Waals surface area contributed by atoms with Crippen LogP contribution in [0.1, 0.15) is 22.7 Å². The van der Waals surface area contributed by atoms with Gasteiger partial charge in [0.25, 0.3) is 0 Å². The highest BCUT2D eigenvalue weighted by Gasteiger charge is 2.29. The van der Waals surface area contributed by atoms with E-state index < -0.39 is 17.9 Å². The molecule has 1 atom stereocenters. The van der Waals surface area contributed by atoms with Gasteiger partial charge in [-0.05, 0) is 67.3 Å². The molecule has 5 rings (SSSR count). The summed E-state index contributed by atoms with van der Waals surface area (Å²) in [7, 11) is 3.78. The number of aliphatic carboxylic acids is 3. The first-order valence-electron chi connectivity index (χ1n) is 14.2. The van der Waals surface area contributed by atoms with Crippen molar-refractivity contribution >= 4 is 47.5 Å². The molecule has 0 spiro atoms. The minimum atomic E-state index is -1.26. The van der Waals surface area contributed by atoms with Gasteiger partial charge in [0.05, 0.1) is 7.11 Å². The van der Waals surface area contributed by atoms with Gasteiger partial charge in [-0.3, -0.25) is 4.90 Å². The zero-order valence-corrected chi connectivity index (χ0v) is 27.1. The molecule has 1 fully saturated rings. The first-order chi connectivity index (χ1) is 21.6. The fourth-order valence-corrected chi connectivity index (χ4v) is 6.35. The van der Waals surface area contributed by atoms with E-state index in [1.807, 2.05) is 35.7 Å². The van der Waals surface area contributed by atoms with Crippen molar-refractivity contribution in [3.8, 4) is 5.75 Å². The lowest BCUT2D eigenvalue weighted by molar-refractivity contribution is -0.134. The molecule has 3 aromatic carbocycles. The van der Waals surface area contributed by atoms with Gasteiger partial charge in [-0.15, -0.1) is 11.8 Å². The molecule has 1 unspecified atom stereocenters. The van der Waals surface area contributed by atoms with Crippen molar-refractivity contribution in [2.45, 2.75) is 27.1 Å². The predicted octanol–water partition coefficient (Wildman–Crippen LogP) is 5.91. The van der Waals surface area contributed by atoms with Crippen LogP contribution in [0.2, 0.25) is 0 Å². The van der Waals surface area contributed by atoms with Crippen molar-refractivity contribution in [2.75, 3.05) is 46.6 Å². The number of carboxylic acids is 3. The van der Waals surface area contributed by atoms with Crippen molar-refractivity contribution in [1.29, 1.82) is 0 Å². The number of thioether (sulfide) groups is 1. The molecule has 0 aromatic heterocycles. The number of ether oxygens (including phenoxy) is 1. The van der Waals surface area contributed by atoms with Gasteiger partial charge < -0.3 is 25.0 Å². The second kappa shape index (κ2) is 18.1. The number of piperazine rings is 1. The van der Waals surface area contributed by atoms with Gasteiger partial charge >= 0.3 is 17.9 Å². The van der Waals surface area contributed by atoms with E-state index in [4.69, 9.17) is 20.1 Å². The smallest absolute Gasteiger partial charge is 0.328 e. The summed E-state index contributed by atoms with van der Waals surface area (Å²) in [6.07, 6.45) is 6.99. The Hall–Kier alpha value is -4.03. The molecule has 0 radical (unpaired) electrons. The topological polar surface area (TPSA) is 128 Å². The molecule has 2 aliphatic heterocycles. The maximum atomic E-state index is 10.2. The normalized spacial score (nSPS) is 16.3. The summed E-state index contributed by atoms with van der Waals surface area (Å²) >= 11 is 3.79. The number of rotatable bonds is 7. The Morgan fingerprint density at radius 3 is 2.09 bits per heavy atom. The SMILES string of the molecule is COc1ccccc1C=CC(=O)O.CSc1ccc2c(c1)C(N1CCN(C)CC1)Cc1ccccc1S2.O=C(O)C=CC(=O)O. The number of methoxy groups -OCH3 is 1. The number of hydrogen-bond acceptors (Lipinski definition) is 8. The number of para-hydroxylation sites is 1. The first kappa shape index (κ1) is 35.4. The molecule has 2 aliphatic rings. The number of fused-ring (bicyclic) bond motifs is 2. The second-order valence-electron chi connectivity index (χ2n) is 10.1. The Morgan fingerprint density at radius 1 is 0.844 bits per heavy atom. The zero-order valence-electron chi connectivity index (χ0n) is 25.5. The molecule has 11 heteroatoms. The molecule has 0 aliphatic carbocycles. The quantitative estimate of drug-likeness (QED) is 0.209. The van der Waals surface area contributed by atoms with E-state index in [9.17, 15) is 14.4 Å². The van der Waals surface area contributed by atoms with Gasteiger partial charge in [-0.25, -0.2) is 14.4 Å². The molecule has 3 N–H and O–H groups in total. The van der Waals surface area contributed by atoms with Crippen LogP contribution < -0.4 is 4.74 Å². The highest BCUT2D eigenvalue weighted by molar-refractivity contribution is 7.99. The fraction of sp³-hybridized carbons (Fsp3) is 0.265. The van der Waals surface area contributed by atoms with Gasteiger partial charge in [0.15, 0.2) is 0 Å². The third-order valence-corrected chi connectivity index (χ3v) is 9.01. The third kappa shape index (κ3) is 11.4. The summed E-state index contributed by atoms with van der Waals surface area (Å²) < 4.78 is 5.03. The average Bonchev–Trinajstić information content (AvgIpc) is 3.20. The molecule has 9 nitrogen and oxygen atoms in total. The van der Waals surface area contributed by atoms with Crippen molar-refractivity contribution in [3.63, 3.8) is 0 Å². The third-order valence-electron chi connectivity index (χ3n) is 7.07. The number of hydrogen-bond donors (Lipinski definition) is 3. The van der Waals surface area contributed by atoms with E-state index in [2.05, 4.69) is 65.6 Å². The largest absolute Gasteiger partial charge is 0.496 e. The maximum absolute atomic E-state index is 10.2. The Kier molecular flexibility index (Phi) is 14.2. The predicted molar refractivity (Wildman–Crippen MR) is 178 cm³/mol. The van der Waals surface area contributed by atoms with Crippen LogP contribution in [0.4, 0.5) is 0 Å². The highest BCUT2D eigenvalue weighted by Crippen LogP contribution is 2.44. The van der Waals surface area contributed by atoms with E-state index in [0.29, 0.717) is 23.9 Å². The Morgan fingerprint density at radius 2 is 1.47 bits per heavy atom. The lowest BCUT2D eigenvalue weighted by atomic mass is 9.96.